The standard InChI is InChI=1S/C19H24N4O3/c1-22-19(26)11-16(13-21-22)23-8-6-14(7-9-23)12-20-18(25)10-15-4-2-3-5-17(15)24/h2-5,11,13-14,24H,6-10,12H2,1H3,(H,20,25). The molecule has 1 aromatic carbocycles. The number of carbonyl (C=O) groups excluding carboxylic acids is 1. The molecule has 138 valence electrons. The minimum absolute atomic E-state index is 0.0790. The van der Waals surface area contributed by atoms with Crippen molar-refractivity contribution in [3.8, 4) is 5.75 Å². The number of hydrogen-bond acceptors (Lipinski definition) is 5. The van der Waals surface area contributed by atoms with Crippen molar-refractivity contribution in [2.24, 2.45) is 13.0 Å². The fourth-order valence-corrected chi connectivity index (χ4v) is 3.18. The first-order valence-corrected chi connectivity index (χ1v) is 8.85. The average molecular weight is 356 g/mol. The van der Waals surface area contributed by atoms with Crippen LogP contribution in [0.5, 0.6) is 5.75 Å². The molecule has 1 saturated heterocycles. The summed E-state index contributed by atoms with van der Waals surface area (Å²) in [5.74, 6) is 0.488. The average Bonchev–Trinajstić information content (AvgIpc) is 2.65. The van der Waals surface area contributed by atoms with Gasteiger partial charge in [0.1, 0.15) is 5.75 Å². The normalized spacial score (nSPS) is 15.0. The van der Waals surface area contributed by atoms with Crippen molar-refractivity contribution in [3.05, 3.63) is 52.4 Å². The van der Waals surface area contributed by atoms with Crippen molar-refractivity contribution >= 4 is 11.6 Å². The highest BCUT2D eigenvalue weighted by Crippen LogP contribution is 2.21. The molecule has 1 fully saturated rings. The second-order valence-electron chi connectivity index (χ2n) is 6.72. The molecule has 0 radical (unpaired) electrons. The number of aryl methyl sites for hydroxylation is 1. The van der Waals surface area contributed by atoms with Gasteiger partial charge >= 0.3 is 0 Å². The third-order valence-corrected chi connectivity index (χ3v) is 4.86. The van der Waals surface area contributed by atoms with Crippen LogP contribution in [0.2, 0.25) is 0 Å². The van der Waals surface area contributed by atoms with E-state index >= 15 is 0 Å². The topological polar surface area (TPSA) is 87.5 Å². The van der Waals surface area contributed by atoms with Crippen LogP contribution < -0.4 is 15.8 Å². The molecule has 1 amide bonds. The van der Waals surface area contributed by atoms with Crippen LogP contribution in [0, 0.1) is 5.92 Å². The van der Waals surface area contributed by atoms with E-state index in [2.05, 4.69) is 15.3 Å². The number of nitrogens with one attached hydrogen (secondary N) is 1. The second kappa shape index (κ2) is 8.03. The summed E-state index contributed by atoms with van der Waals surface area (Å²) in [6.45, 7) is 2.32. The van der Waals surface area contributed by atoms with Crippen molar-refractivity contribution in [1.29, 1.82) is 0 Å². The number of nitrogens with zero attached hydrogens (tertiary/aromatic N) is 3. The van der Waals surface area contributed by atoms with Gasteiger partial charge in [0.15, 0.2) is 0 Å². The van der Waals surface area contributed by atoms with E-state index < -0.39 is 0 Å². The van der Waals surface area contributed by atoms with Crippen LogP contribution in [0.15, 0.2) is 41.3 Å². The Kier molecular flexibility index (Phi) is 5.55. The second-order valence-corrected chi connectivity index (χ2v) is 6.72. The quantitative estimate of drug-likeness (QED) is 0.836. The first-order valence-electron chi connectivity index (χ1n) is 8.85. The Labute approximate surface area is 152 Å². The van der Waals surface area contributed by atoms with Crippen LogP contribution in [0.4, 0.5) is 5.69 Å². The van der Waals surface area contributed by atoms with Gasteiger partial charge in [-0.25, -0.2) is 4.68 Å². The Bertz CT molecular complexity index is 826. The summed E-state index contributed by atoms with van der Waals surface area (Å²) in [7, 11) is 1.64. The van der Waals surface area contributed by atoms with Gasteiger partial charge in [-0.2, -0.15) is 5.10 Å². The molecule has 0 bridgehead atoms. The fourth-order valence-electron chi connectivity index (χ4n) is 3.18. The number of benzene rings is 1. The smallest absolute Gasteiger partial charge is 0.268 e. The highest BCUT2D eigenvalue weighted by atomic mass is 16.3. The molecule has 0 aliphatic carbocycles. The van der Waals surface area contributed by atoms with Gasteiger partial charge in [0.25, 0.3) is 5.56 Å². The molecule has 2 heterocycles. The van der Waals surface area contributed by atoms with E-state index in [-0.39, 0.29) is 23.6 Å². The first-order chi connectivity index (χ1) is 12.5. The van der Waals surface area contributed by atoms with E-state index in [0.29, 0.717) is 18.0 Å². The van der Waals surface area contributed by atoms with Crippen molar-refractivity contribution in [2.75, 3.05) is 24.5 Å². The van der Waals surface area contributed by atoms with Crippen LogP contribution in [0.25, 0.3) is 0 Å². The summed E-state index contributed by atoms with van der Waals surface area (Å²) < 4.78 is 1.32. The molecule has 1 aliphatic rings. The Hall–Kier alpha value is -2.83. The molecular formula is C19H24N4O3. The number of hydrogen-bond donors (Lipinski definition) is 2. The van der Waals surface area contributed by atoms with Crippen LogP contribution >= 0.6 is 0 Å². The summed E-state index contributed by atoms with van der Waals surface area (Å²) in [5.41, 5.74) is 1.38. The summed E-state index contributed by atoms with van der Waals surface area (Å²) in [6.07, 6.45) is 3.80. The van der Waals surface area contributed by atoms with E-state index in [0.717, 1.165) is 31.6 Å². The summed E-state index contributed by atoms with van der Waals surface area (Å²) in [4.78, 5) is 26.0. The van der Waals surface area contributed by atoms with Crippen molar-refractivity contribution in [1.82, 2.24) is 15.1 Å². The maximum Gasteiger partial charge on any atom is 0.268 e. The number of aromatic hydroxyl groups is 1. The lowest BCUT2D eigenvalue weighted by atomic mass is 9.96. The number of amides is 1. The van der Waals surface area contributed by atoms with E-state index in [1.165, 1.54) is 4.68 Å². The largest absolute Gasteiger partial charge is 0.508 e. The maximum atomic E-state index is 12.1. The van der Waals surface area contributed by atoms with Gasteiger partial charge in [-0.05, 0) is 24.8 Å². The highest BCUT2D eigenvalue weighted by molar-refractivity contribution is 5.79. The van der Waals surface area contributed by atoms with Crippen LogP contribution in [-0.4, -0.2) is 40.4 Å². The number of aromatic nitrogens is 2. The number of rotatable bonds is 5. The number of phenolic OH excluding ortho intramolecular Hbond substituents is 1. The van der Waals surface area contributed by atoms with Gasteiger partial charge in [-0.15, -0.1) is 0 Å². The lowest BCUT2D eigenvalue weighted by molar-refractivity contribution is -0.120. The molecule has 2 aromatic rings. The summed E-state index contributed by atoms with van der Waals surface area (Å²) in [6, 6.07) is 8.50. The number of carbonyl (C=O) groups is 1. The number of piperidine rings is 1. The zero-order valence-electron chi connectivity index (χ0n) is 14.9. The Morgan fingerprint density at radius 3 is 2.73 bits per heavy atom. The molecule has 7 nitrogen and oxygen atoms in total. The van der Waals surface area contributed by atoms with Gasteiger partial charge in [0.05, 0.1) is 18.3 Å². The number of para-hydroxylation sites is 1. The van der Waals surface area contributed by atoms with Crippen molar-refractivity contribution in [2.45, 2.75) is 19.3 Å². The van der Waals surface area contributed by atoms with E-state index in [4.69, 9.17) is 0 Å². The van der Waals surface area contributed by atoms with Crippen LogP contribution in [0.1, 0.15) is 18.4 Å². The summed E-state index contributed by atoms with van der Waals surface area (Å²) in [5, 5.41) is 16.8. The van der Waals surface area contributed by atoms with Gasteiger partial charge < -0.3 is 15.3 Å². The van der Waals surface area contributed by atoms with Crippen molar-refractivity contribution in [3.63, 3.8) is 0 Å². The van der Waals surface area contributed by atoms with E-state index in [9.17, 15) is 14.7 Å². The SMILES string of the molecule is Cn1ncc(N2CCC(CNC(=O)Cc3ccccc3O)CC2)cc1=O. The zero-order valence-corrected chi connectivity index (χ0v) is 14.9. The van der Waals surface area contributed by atoms with Gasteiger partial charge in [0, 0.05) is 38.3 Å². The molecule has 0 saturated carbocycles. The Balaban J connectivity index is 1.45. The molecule has 0 unspecified atom stereocenters. The van der Waals surface area contributed by atoms with Gasteiger partial charge in [-0.3, -0.25) is 9.59 Å². The Morgan fingerprint density at radius 1 is 1.31 bits per heavy atom. The molecule has 0 spiro atoms. The summed E-state index contributed by atoms with van der Waals surface area (Å²) >= 11 is 0. The number of phenols is 1. The minimum atomic E-state index is -0.110. The molecule has 1 aliphatic heterocycles. The Morgan fingerprint density at radius 2 is 2.04 bits per heavy atom. The molecule has 3 rings (SSSR count). The predicted octanol–water partition coefficient (Wildman–Crippen LogP) is 1.06. The molecule has 26 heavy (non-hydrogen) atoms. The highest BCUT2D eigenvalue weighted by Gasteiger charge is 2.20. The molecule has 0 atom stereocenters. The van der Waals surface area contributed by atoms with E-state index in [1.54, 1.807) is 37.5 Å². The third-order valence-electron chi connectivity index (χ3n) is 4.86. The molecule has 7 heteroatoms. The zero-order chi connectivity index (χ0) is 18.5. The fraction of sp³-hybridized carbons (Fsp3) is 0.421. The molecule has 2 N–H and O–H groups in total. The van der Waals surface area contributed by atoms with Crippen LogP contribution in [-0.2, 0) is 18.3 Å². The monoisotopic (exact) mass is 356 g/mol. The van der Waals surface area contributed by atoms with E-state index in [1.807, 2.05) is 6.07 Å². The molecular weight excluding hydrogens is 332 g/mol. The number of anilines is 1. The lowest BCUT2D eigenvalue weighted by Crippen LogP contribution is -2.39. The first kappa shape index (κ1) is 18.0. The van der Waals surface area contributed by atoms with Crippen LogP contribution in [0.3, 0.4) is 0 Å². The van der Waals surface area contributed by atoms with Gasteiger partial charge in [0.2, 0.25) is 5.91 Å². The third kappa shape index (κ3) is 4.41. The van der Waals surface area contributed by atoms with Crippen molar-refractivity contribution < 1.29 is 9.90 Å². The molecule has 1 aromatic heterocycles. The lowest BCUT2D eigenvalue weighted by Gasteiger charge is -2.33. The maximum absolute atomic E-state index is 12.1. The van der Waals surface area contributed by atoms with Gasteiger partial charge in [-0.1, -0.05) is 18.2 Å². The predicted molar refractivity (Wildman–Crippen MR) is 99.2 cm³/mol. The minimum Gasteiger partial charge on any atom is -0.508 e.